The Morgan fingerprint density at radius 3 is 2.00 bits per heavy atom. The fourth-order valence-corrected chi connectivity index (χ4v) is 2.69. The monoisotopic (exact) mass is 397 g/mol. The molecule has 0 aliphatic heterocycles. The van der Waals surface area contributed by atoms with Gasteiger partial charge < -0.3 is 9.15 Å². The lowest BCUT2D eigenvalue weighted by Gasteiger charge is -2.10. The van der Waals surface area contributed by atoms with E-state index >= 15 is 0 Å². The Morgan fingerprint density at radius 2 is 1.48 bits per heavy atom. The maximum absolute atomic E-state index is 12.6. The molecule has 3 aromatic rings. The van der Waals surface area contributed by atoms with Gasteiger partial charge in [0.15, 0.2) is 0 Å². The van der Waals surface area contributed by atoms with Crippen molar-refractivity contribution in [1.82, 2.24) is 23.9 Å². The Bertz CT molecular complexity index is 1170. The molecule has 2 aromatic heterocycles. The minimum Gasteiger partial charge on any atom is -0.497 e. The fourth-order valence-electron chi connectivity index (χ4n) is 2.69. The molecule has 0 atom stereocenters. The lowest BCUT2D eigenvalue weighted by molar-refractivity contribution is 0.414. The molecule has 0 saturated carbocycles. The number of rotatable bonds is 8. The van der Waals surface area contributed by atoms with Crippen LogP contribution in [0.25, 0.3) is 11.5 Å². The molecule has 10 nitrogen and oxygen atoms in total. The molecule has 0 N–H and O–H groups in total. The Labute approximate surface area is 164 Å². The van der Waals surface area contributed by atoms with Crippen molar-refractivity contribution < 1.29 is 9.15 Å². The molecule has 29 heavy (non-hydrogen) atoms. The number of ether oxygens (including phenoxy) is 1. The predicted octanol–water partition coefficient (Wildman–Crippen LogP) is 0.651. The largest absolute Gasteiger partial charge is 0.497 e. The van der Waals surface area contributed by atoms with E-state index in [1.165, 1.54) is 12.2 Å². The van der Waals surface area contributed by atoms with Gasteiger partial charge in [-0.1, -0.05) is 12.2 Å². The molecular formula is C19H19N5O5. The van der Waals surface area contributed by atoms with Gasteiger partial charge in [-0.15, -0.1) is 23.4 Å². The molecule has 150 valence electrons. The van der Waals surface area contributed by atoms with E-state index in [1.54, 1.807) is 31.4 Å². The van der Waals surface area contributed by atoms with Crippen LogP contribution in [-0.4, -0.2) is 31.0 Å². The van der Waals surface area contributed by atoms with Crippen LogP contribution >= 0.6 is 0 Å². The van der Waals surface area contributed by atoms with Crippen molar-refractivity contribution in [1.29, 1.82) is 0 Å². The summed E-state index contributed by atoms with van der Waals surface area (Å²) in [5, 5.41) is 7.85. The van der Waals surface area contributed by atoms with Crippen molar-refractivity contribution >= 4 is 0 Å². The normalized spacial score (nSPS) is 10.7. The molecule has 3 rings (SSSR count). The second kappa shape index (κ2) is 8.38. The third-order valence-corrected chi connectivity index (χ3v) is 4.11. The molecule has 1 aromatic carbocycles. The SMILES string of the molecule is C=CCn1c(=O)n(CC=C)c(=O)n(Cc2nnc(-c3ccc(OC)cc3)o2)c1=O. The van der Waals surface area contributed by atoms with Gasteiger partial charge >= 0.3 is 17.1 Å². The summed E-state index contributed by atoms with van der Waals surface area (Å²) in [5.41, 5.74) is -1.66. The van der Waals surface area contributed by atoms with Gasteiger partial charge in [-0.25, -0.2) is 28.1 Å². The average molecular weight is 397 g/mol. The molecule has 0 unspecified atom stereocenters. The zero-order valence-corrected chi connectivity index (χ0v) is 15.8. The fraction of sp³-hybridized carbons (Fsp3) is 0.211. The highest BCUT2D eigenvalue weighted by Gasteiger charge is 2.17. The van der Waals surface area contributed by atoms with Crippen molar-refractivity contribution in [2.45, 2.75) is 19.6 Å². The molecule has 10 heteroatoms. The molecule has 0 saturated heterocycles. The number of methoxy groups -OCH3 is 1. The van der Waals surface area contributed by atoms with Crippen molar-refractivity contribution in [3.63, 3.8) is 0 Å². The number of hydrogen-bond donors (Lipinski definition) is 0. The molecule has 0 fully saturated rings. The average Bonchev–Trinajstić information content (AvgIpc) is 3.20. The van der Waals surface area contributed by atoms with E-state index in [9.17, 15) is 14.4 Å². The summed E-state index contributed by atoms with van der Waals surface area (Å²) in [6, 6.07) is 6.96. The quantitative estimate of drug-likeness (QED) is 0.513. The van der Waals surface area contributed by atoms with Crippen LogP contribution in [0, 0.1) is 0 Å². The summed E-state index contributed by atoms with van der Waals surface area (Å²) >= 11 is 0. The number of benzene rings is 1. The van der Waals surface area contributed by atoms with Crippen LogP contribution in [0.2, 0.25) is 0 Å². The molecular weight excluding hydrogens is 378 g/mol. The molecule has 0 radical (unpaired) electrons. The third-order valence-electron chi connectivity index (χ3n) is 4.11. The maximum atomic E-state index is 12.6. The standard InChI is InChI=1S/C19H19N5O5/c1-4-10-22-17(25)23(11-5-2)19(27)24(18(22)26)12-15-20-21-16(29-15)13-6-8-14(28-3)9-7-13/h4-9H,1-2,10-12H2,3H3. The van der Waals surface area contributed by atoms with Crippen molar-refractivity contribution in [2.75, 3.05) is 7.11 Å². The van der Waals surface area contributed by atoms with Gasteiger partial charge in [-0.05, 0) is 24.3 Å². The number of allylic oxidation sites excluding steroid dienone is 2. The number of aromatic nitrogens is 5. The van der Waals surface area contributed by atoms with E-state index in [4.69, 9.17) is 9.15 Å². The maximum Gasteiger partial charge on any atom is 0.337 e. The van der Waals surface area contributed by atoms with Gasteiger partial charge in [0, 0.05) is 5.56 Å². The Morgan fingerprint density at radius 1 is 0.931 bits per heavy atom. The van der Waals surface area contributed by atoms with Crippen LogP contribution < -0.4 is 21.8 Å². The highest BCUT2D eigenvalue weighted by molar-refractivity contribution is 5.53. The molecule has 0 spiro atoms. The van der Waals surface area contributed by atoms with Crippen LogP contribution in [-0.2, 0) is 19.6 Å². The summed E-state index contributed by atoms with van der Waals surface area (Å²) in [7, 11) is 1.56. The Hall–Kier alpha value is -3.95. The third kappa shape index (κ3) is 3.86. The minimum absolute atomic E-state index is 0.0453. The van der Waals surface area contributed by atoms with Crippen LogP contribution in [0.15, 0.2) is 68.4 Å². The highest BCUT2D eigenvalue weighted by Crippen LogP contribution is 2.21. The first-order valence-electron chi connectivity index (χ1n) is 8.63. The summed E-state index contributed by atoms with van der Waals surface area (Å²) in [5.74, 6) is 0.942. The van der Waals surface area contributed by atoms with Crippen molar-refractivity contribution in [3.05, 3.63) is 86.9 Å². The van der Waals surface area contributed by atoms with Gasteiger partial charge in [0.1, 0.15) is 12.3 Å². The van der Waals surface area contributed by atoms with E-state index in [1.807, 2.05) is 0 Å². The molecule has 0 aliphatic carbocycles. The van der Waals surface area contributed by atoms with Crippen LogP contribution in [0.4, 0.5) is 0 Å². The molecule has 0 amide bonds. The Kier molecular flexibility index (Phi) is 5.72. The topological polar surface area (TPSA) is 114 Å². The lowest BCUT2D eigenvalue weighted by atomic mass is 10.2. The molecule has 0 aliphatic rings. The van der Waals surface area contributed by atoms with Crippen LogP contribution in [0.3, 0.4) is 0 Å². The first kappa shape index (κ1) is 19.8. The summed E-state index contributed by atoms with van der Waals surface area (Å²) < 4.78 is 13.4. The molecule has 2 heterocycles. The highest BCUT2D eigenvalue weighted by atomic mass is 16.5. The zero-order valence-electron chi connectivity index (χ0n) is 15.8. The van der Waals surface area contributed by atoms with Gasteiger partial charge in [0.2, 0.25) is 11.8 Å². The Balaban J connectivity index is 2.02. The van der Waals surface area contributed by atoms with E-state index in [-0.39, 0.29) is 31.4 Å². The lowest BCUT2D eigenvalue weighted by Crippen LogP contribution is -2.54. The van der Waals surface area contributed by atoms with Gasteiger partial charge in [-0.2, -0.15) is 0 Å². The summed E-state index contributed by atoms with van der Waals surface area (Å²) in [6.07, 6.45) is 2.79. The summed E-state index contributed by atoms with van der Waals surface area (Å²) in [4.78, 5) is 37.7. The van der Waals surface area contributed by atoms with Crippen LogP contribution in [0.1, 0.15) is 5.89 Å². The number of hydrogen-bond acceptors (Lipinski definition) is 7. The van der Waals surface area contributed by atoms with E-state index in [0.29, 0.717) is 11.3 Å². The smallest absolute Gasteiger partial charge is 0.337 e. The summed E-state index contributed by atoms with van der Waals surface area (Å²) in [6.45, 7) is 6.69. The first-order chi connectivity index (χ1) is 14.0. The van der Waals surface area contributed by atoms with E-state index in [2.05, 4.69) is 23.4 Å². The minimum atomic E-state index is -0.788. The van der Waals surface area contributed by atoms with Gasteiger partial charge in [0.25, 0.3) is 0 Å². The van der Waals surface area contributed by atoms with E-state index in [0.717, 1.165) is 13.7 Å². The molecule has 0 bridgehead atoms. The van der Waals surface area contributed by atoms with Gasteiger partial charge in [-0.3, -0.25) is 0 Å². The second-order valence-corrected chi connectivity index (χ2v) is 5.96. The van der Waals surface area contributed by atoms with E-state index < -0.39 is 17.1 Å². The number of nitrogens with zero attached hydrogens (tertiary/aromatic N) is 5. The predicted molar refractivity (Wildman–Crippen MR) is 105 cm³/mol. The zero-order chi connectivity index (χ0) is 21.0. The second-order valence-electron chi connectivity index (χ2n) is 5.96. The first-order valence-corrected chi connectivity index (χ1v) is 8.63. The van der Waals surface area contributed by atoms with Crippen molar-refractivity contribution in [2.24, 2.45) is 0 Å². The van der Waals surface area contributed by atoms with Crippen molar-refractivity contribution in [3.8, 4) is 17.2 Å². The van der Waals surface area contributed by atoms with Gasteiger partial charge in [0.05, 0.1) is 20.2 Å². The van der Waals surface area contributed by atoms with Crippen LogP contribution in [0.5, 0.6) is 5.75 Å².